The van der Waals surface area contributed by atoms with Crippen LogP contribution in [-0.2, 0) is 10.0 Å². The van der Waals surface area contributed by atoms with Gasteiger partial charge in [-0.15, -0.1) is 0 Å². The summed E-state index contributed by atoms with van der Waals surface area (Å²) in [6.45, 7) is 3.94. The highest BCUT2D eigenvalue weighted by Crippen LogP contribution is 2.29. The van der Waals surface area contributed by atoms with Crippen molar-refractivity contribution in [3.05, 3.63) is 41.5 Å². The van der Waals surface area contributed by atoms with Gasteiger partial charge in [0.2, 0.25) is 10.0 Å². The Morgan fingerprint density at radius 1 is 1.42 bits per heavy atom. The molecule has 0 spiro atoms. The molecule has 0 saturated heterocycles. The van der Waals surface area contributed by atoms with Gasteiger partial charge in [0.25, 0.3) is 0 Å². The van der Waals surface area contributed by atoms with E-state index in [9.17, 15) is 8.42 Å². The number of hydrogen-bond donors (Lipinski definition) is 1. The standard InChI is InChI=1S/C12H11BrN2O3S/c1-8(13)7-18-10-4-5-11(19(14,16)17)12-9(10)3-2-6-15-12/h2-6H,1,7H2,(H2,14,16,17). The van der Waals surface area contributed by atoms with E-state index in [1.54, 1.807) is 18.2 Å². The molecule has 0 amide bonds. The number of primary sulfonamides is 1. The predicted octanol–water partition coefficient (Wildman–Crippen LogP) is 2.17. The van der Waals surface area contributed by atoms with Crippen LogP contribution in [0.5, 0.6) is 5.75 Å². The zero-order valence-corrected chi connectivity index (χ0v) is 12.2. The number of sulfonamides is 1. The molecule has 1 aromatic carbocycles. The predicted molar refractivity (Wildman–Crippen MR) is 76.7 cm³/mol. The average molecular weight is 343 g/mol. The fourth-order valence-corrected chi connectivity index (χ4v) is 2.44. The zero-order valence-electron chi connectivity index (χ0n) is 9.84. The number of ether oxygens (including phenoxy) is 1. The second-order valence-corrected chi connectivity index (χ2v) is 6.46. The first-order chi connectivity index (χ1) is 8.89. The number of rotatable bonds is 4. The van der Waals surface area contributed by atoms with E-state index in [-0.39, 0.29) is 11.5 Å². The molecule has 0 fully saturated rings. The van der Waals surface area contributed by atoms with Crippen molar-refractivity contribution in [1.82, 2.24) is 4.98 Å². The van der Waals surface area contributed by atoms with Crippen LogP contribution < -0.4 is 9.88 Å². The minimum Gasteiger partial charge on any atom is -0.488 e. The summed E-state index contributed by atoms with van der Waals surface area (Å²) in [5, 5.41) is 5.75. The second-order valence-electron chi connectivity index (χ2n) is 3.81. The smallest absolute Gasteiger partial charge is 0.240 e. The van der Waals surface area contributed by atoms with Gasteiger partial charge in [0.05, 0.1) is 5.52 Å². The van der Waals surface area contributed by atoms with Crippen molar-refractivity contribution < 1.29 is 13.2 Å². The van der Waals surface area contributed by atoms with Gasteiger partial charge in [0.15, 0.2) is 0 Å². The normalized spacial score (nSPS) is 11.5. The van der Waals surface area contributed by atoms with E-state index in [2.05, 4.69) is 27.5 Å². The number of pyridine rings is 1. The largest absolute Gasteiger partial charge is 0.488 e. The first kappa shape index (κ1) is 14.0. The van der Waals surface area contributed by atoms with E-state index < -0.39 is 10.0 Å². The van der Waals surface area contributed by atoms with Crippen molar-refractivity contribution in [3.63, 3.8) is 0 Å². The summed E-state index contributed by atoms with van der Waals surface area (Å²) in [4.78, 5) is 4.04. The lowest BCUT2D eigenvalue weighted by molar-refractivity contribution is 0.365. The summed E-state index contributed by atoms with van der Waals surface area (Å²) >= 11 is 3.19. The zero-order chi connectivity index (χ0) is 14.0. The van der Waals surface area contributed by atoms with E-state index in [0.29, 0.717) is 21.1 Å². The molecule has 0 radical (unpaired) electrons. The maximum atomic E-state index is 11.5. The molecule has 2 N–H and O–H groups in total. The lowest BCUT2D eigenvalue weighted by atomic mass is 10.2. The van der Waals surface area contributed by atoms with Gasteiger partial charge in [-0.05, 0) is 24.3 Å². The summed E-state index contributed by atoms with van der Waals surface area (Å²) in [5.41, 5.74) is 0.294. The third kappa shape index (κ3) is 3.12. The Morgan fingerprint density at radius 3 is 2.79 bits per heavy atom. The number of hydrogen-bond acceptors (Lipinski definition) is 4. The Morgan fingerprint density at radius 2 is 2.16 bits per heavy atom. The molecule has 0 bridgehead atoms. The van der Waals surface area contributed by atoms with Gasteiger partial charge >= 0.3 is 0 Å². The van der Waals surface area contributed by atoms with Crippen molar-refractivity contribution in [1.29, 1.82) is 0 Å². The first-order valence-electron chi connectivity index (χ1n) is 5.26. The van der Waals surface area contributed by atoms with E-state index in [1.165, 1.54) is 12.3 Å². The molecule has 1 heterocycles. The molecular weight excluding hydrogens is 332 g/mol. The van der Waals surface area contributed by atoms with Crippen molar-refractivity contribution in [2.24, 2.45) is 5.14 Å². The highest BCUT2D eigenvalue weighted by molar-refractivity contribution is 9.11. The molecule has 0 aliphatic heterocycles. The van der Waals surface area contributed by atoms with Gasteiger partial charge in [-0.25, -0.2) is 13.6 Å². The third-order valence-corrected chi connectivity index (χ3v) is 3.55. The maximum Gasteiger partial charge on any atom is 0.240 e. The number of nitrogens with zero attached hydrogens (tertiary/aromatic N) is 1. The molecule has 0 aliphatic carbocycles. The lowest BCUT2D eigenvalue weighted by Crippen LogP contribution is -2.13. The highest BCUT2D eigenvalue weighted by Gasteiger charge is 2.16. The Labute approximate surface area is 119 Å². The Balaban J connectivity index is 2.62. The Kier molecular flexibility index (Phi) is 3.88. The van der Waals surface area contributed by atoms with Gasteiger partial charge in [0, 0.05) is 16.1 Å². The van der Waals surface area contributed by atoms with Crippen LogP contribution in [-0.4, -0.2) is 20.0 Å². The summed E-state index contributed by atoms with van der Waals surface area (Å²) in [5.74, 6) is 0.524. The summed E-state index contributed by atoms with van der Waals surface area (Å²) < 4.78 is 29.2. The van der Waals surface area contributed by atoms with Crippen LogP contribution in [0.2, 0.25) is 0 Å². The van der Waals surface area contributed by atoms with Crippen molar-refractivity contribution in [2.75, 3.05) is 6.61 Å². The second kappa shape index (κ2) is 5.28. The Hall–Kier alpha value is -1.44. The fourth-order valence-electron chi connectivity index (χ4n) is 1.63. The number of nitrogens with two attached hydrogens (primary N) is 1. The van der Waals surface area contributed by atoms with Crippen LogP contribution in [0.3, 0.4) is 0 Å². The number of benzene rings is 1. The van der Waals surface area contributed by atoms with Crippen molar-refractivity contribution in [3.8, 4) is 5.75 Å². The van der Waals surface area contributed by atoms with Crippen LogP contribution in [0, 0.1) is 0 Å². The molecule has 1 aromatic heterocycles. The van der Waals surface area contributed by atoms with Crippen molar-refractivity contribution >= 4 is 36.9 Å². The van der Waals surface area contributed by atoms with E-state index in [1.807, 2.05) is 0 Å². The maximum absolute atomic E-state index is 11.5. The van der Waals surface area contributed by atoms with Gasteiger partial charge in [-0.3, -0.25) is 4.98 Å². The van der Waals surface area contributed by atoms with E-state index >= 15 is 0 Å². The van der Waals surface area contributed by atoms with Gasteiger partial charge < -0.3 is 4.74 Å². The molecule has 0 aliphatic rings. The van der Waals surface area contributed by atoms with Gasteiger partial charge in [-0.1, -0.05) is 22.5 Å². The molecule has 2 aromatic rings. The molecule has 0 unspecified atom stereocenters. The number of fused-ring (bicyclic) bond motifs is 1. The highest BCUT2D eigenvalue weighted by atomic mass is 79.9. The SMILES string of the molecule is C=C(Br)COc1ccc(S(N)(=O)=O)c2ncccc12. The van der Waals surface area contributed by atoms with Crippen LogP contribution >= 0.6 is 15.9 Å². The van der Waals surface area contributed by atoms with Gasteiger partial charge in [-0.2, -0.15) is 0 Å². The topological polar surface area (TPSA) is 82.3 Å². The molecule has 2 rings (SSSR count). The van der Waals surface area contributed by atoms with Crippen LogP contribution in [0.1, 0.15) is 0 Å². The number of aromatic nitrogens is 1. The molecule has 100 valence electrons. The summed E-state index contributed by atoms with van der Waals surface area (Å²) in [6.07, 6.45) is 1.50. The summed E-state index contributed by atoms with van der Waals surface area (Å²) in [6, 6.07) is 6.37. The van der Waals surface area contributed by atoms with Crippen LogP contribution in [0.25, 0.3) is 10.9 Å². The molecule has 19 heavy (non-hydrogen) atoms. The first-order valence-corrected chi connectivity index (χ1v) is 7.60. The summed E-state index contributed by atoms with van der Waals surface area (Å²) in [7, 11) is -3.82. The molecule has 0 saturated carbocycles. The van der Waals surface area contributed by atoms with E-state index in [0.717, 1.165) is 0 Å². The molecule has 5 nitrogen and oxygen atoms in total. The molecule has 0 atom stereocenters. The lowest BCUT2D eigenvalue weighted by Gasteiger charge is -2.10. The fraction of sp³-hybridized carbons (Fsp3) is 0.0833. The van der Waals surface area contributed by atoms with Crippen molar-refractivity contribution in [2.45, 2.75) is 4.90 Å². The van der Waals surface area contributed by atoms with Crippen LogP contribution in [0.15, 0.2) is 46.4 Å². The quantitative estimate of drug-likeness (QED) is 0.922. The molecular formula is C12H11BrN2O3S. The van der Waals surface area contributed by atoms with Crippen LogP contribution in [0.4, 0.5) is 0 Å². The average Bonchev–Trinajstić information content (AvgIpc) is 2.34. The monoisotopic (exact) mass is 342 g/mol. The molecule has 7 heteroatoms. The number of halogens is 1. The minimum absolute atomic E-state index is 0.0203. The van der Waals surface area contributed by atoms with Gasteiger partial charge in [0.1, 0.15) is 17.3 Å². The minimum atomic E-state index is -3.82. The van der Waals surface area contributed by atoms with E-state index in [4.69, 9.17) is 9.88 Å². The Bertz CT molecular complexity index is 744. The third-order valence-electron chi connectivity index (χ3n) is 2.38.